The average Bonchev–Trinajstić information content (AvgIpc) is 3.47. The van der Waals surface area contributed by atoms with Crippen molar-refractivity contribution in [3.63, 3.8) is 0 Å². The normalized spacial score (nSPS) is 16.7. The molecule has 3 aromatic rings. The Balaban J connectivity index is 1.32. The van der Waals surface area contributed by atoms with Gasteiger partial charge in [-0.25, -0.2) is 12.8 Å². The van der Waals surface area contributed by atoms with Gasteiger partial charge in [0.15, 0.2) is 5.78 Å². The van der Waals surface area contributed by atoms with Gasteiger partial charge in [-0.05, 0) is 54.7 Å². The molecule has 9 heteroatoms. The second-order valence-electron chi connectivity index (χ2n) is 7.86. The van der Waals surface area contributed by atoms with E-state index in [1.807, 2.05) is 24.3 Å². The van der Waals surface area contributed by atoms with Gasteiger partial charge in [0.25, 0.3) is 10.0 Å². The van der Waals surface area contributed by atoms with Gasteiger partial charge in [-0.15, -0.1) is 11.3 Å². The number of thiophene rings is 1. The molecule has 0 amide bonds. The molecule has 174 valence electrons. The summed E-state index contributed by atoms with van der Waals surface area (Å²) in [5, 5.41) is 0. The molecule has 1 aromatic heterocycles. The molecule has 5 nitrogen and oxygen atoms in total. The third-order valence-electron chi connectivity index (χ3n) is 5.57. The van der Waals surface area contributed by atoms with E-state index in [9.17, 15) is 17.6 Å². The smallest absolute Gasteiger partial charge is 0.253 e. The van der Waals surface area contributed by atoms with Gasteiger partial charge in [-0.1, -0.05) is 41.9 Å². The molecule has 0 unspecified atom stereocenters. The lowest BCUT2D eigenvalue weighted by atomic mass is 10.0. The molecule has 1 fully saturated rings. The Bertz CT molecular complexity index is 1230. The highest BCUT2D eigenvalue weighted by molar-refractivity contribution is 7.91. The lowest BCUT2D eigenvalue weighted by Crippen LogP contribution is -2.40. The second kappa shape index (κ2) is 10.3. The number of hydrogen-bond acceptors (Lipinski definition) is 5. The van der Waals surface area contributed by atoms with E-state index >= 15 is 0 Å². The summed E-state index contributed by atoms with van der Waals surface area (Å²) in [5.41, 5.74) is 1.91. The van der Waals surface area contributed by atoms with E-state index in [1.165, 1.54) is 22.5 Å². The predicted molar refractivity (Wildman–Crippen MR) is 127 cm³/mol. The number of carbonyl (C=O) groups excluding carboxylic acids is 1. The van der Waals surface area contributed by atoms with Gasteiger partial charge in [-0.3, -0.25) is 4.79 Å². The van der Waals surface area contributed by atoms with Crippen molar-refractivity contribution in [2.24, 2.45) is 0 Å². The molecular weight excluding hydrogens is 485 g/mol. The molecule has 4 rings (SSSR count). The summed E-state index contributed by atoms with van der Waals surface area (Å²) in [4.78, 5) is 12.9. The topological polar surface area (TPSA) is 63.7 Å². The highest BCUT2D eigenvalue weighted by Gasteiger charge is 2.39. The van der Waals surface area contributed by atoms with Crippen LogP contribution in [0.2, 0.25) is 4.34 Å². The molecule has 1 aliphatic rings. The van der Waals surface area contributed by atoms with Crippen LogP contribution >= 0.6 is 22.9 Å². The molecule has 33 heavy (non-hydrogen) atoms. The second-order valence-corrected chi connectivity index (χ2v) is 11.7. The number of ether oxygens (including phenoxy) is 1. The zero-order valence-corrected chi connectivity index (χ0v) is 20.1. The summed E-state index contributed by atoms with van der Waals surface area (Å²) in [7, 11) is -3.72. The fourth-order valence-electron chi connectivity index (χ4n) is 3.86. The number of sulfonamides is 1. The molecule has 1 saturated heterocycles. The molecule has 0 bridgehead atoms. The van der Waals surface area contributed by atoms with E-state index in [0.29, 0.717) is 42.5 Å². The van der Waals surface area contributed by atoms with Crippen LogP contribution in [0.3, 0.4) is 0 Å². The minimum absolute atomic E-state index is 0.0720. The van der Waals surface area contributed by atoms with Gasteiger partial charge in [0.05, 0.1) is 10.4 Å². The first kappa shape index (κ1) is 23.9. The number of hydrogen-bond donors (Lipinski definition) is 0. The van der Waals surface area contributed by atoms with Crippen molar-refractivity contribution in [3.8, 4) is 5.75 Å². The van der Waals surface area contributed by atoms with Crippen molar-refractivity contribution in [2.45, 2.75) is 42.5 Å². The number of Topliss-reactive ketones (excluding diaryl/α,β-unsaturated/α-hetero) is 1. The molecular formula is C24H23ClFNO4S2. The zero-order chi connectivity index (χ0) is 23.4. The van der Waals surface area contributed by atoms with Crippen molar-refractivity contribution in [1.82, 2.24) is 4.31 Å². The quantitative estimate of drug-likeness (QED) is 0.385. The van der Waals surface area contributed by atoms with Gasteiger partial charge >= 0.3 is 0 Å². The monoisotopic (exact) mass is 507 g/mol. The number of benzene rings is 2. The molecule has 2 aromatic carbocycles. The summed E-state index contributed by atoms with van der Waals surface area (Å²) in [6.45, 7) is 0.651. The highest BCUT2D eigenvalue weighted by Crippen LogP contribution is 2.32. The van der Waals surface area contributed by atoms with Gasteiger partial charge in [0.2, 0.25) is 0 Å². The molecule has 0 N–H and O–H groups in total. The SMILES string of the molecule is O=C(CCc1ccc(COc2cccc(F)c2)cc1)[C@@H]1CCCN1S(=O)(=O)c1ccc(Cl)s1. The Morgan fingerprint density at radius 3 is 2.58 bits per heavy atom. The molecule has 0 radical (unpaired) electrons. The summed E-state index contributed by atoms with van der Waals surface area (Å²) in [6.07, 6.45) is 1.99. The minimum atomic E-state index is -3.72. The van der Waals surface area contributed by atoms with Crippen LogP contribution in [0.1, 0.15) is 30.4 Å². The van der Waals surface area contributed by atoms with E-state index in [4.69, 9.17) is 16.3 Å². The van der Waals surface area contributed by atoms with Gasteiger partial charge < -0.3 is 4.74 Å². The largest absolute Gasteiger partial charge is 0.489 e. The lowest BCUT2D eigenvalue weighted by Gasteiger charge is -2.22. The van der Waals surface area contributed by atoms with Crippen LogP contribution in [-0.2, 0) is 27.8 Å². The molecule has 0 saturated carbocycles. The van der Waals surface area contributed by atoms with Gasteiger partial charge in [0.1, 0.15) is 22.4 Å². The first-order valence-electron chi connectivity index (χ1n) is 10.6. The van der Waals surface area contributed by atoms with Gasteiger partial charge in [-0.2, -0.15) is 4.31 Å². The Labute approximate surface area is 201 Å². The third-order valence-corrected chi connectivity index (χ3v) is 9.18. The first-order valence-corrected chi connectivity index (χ1v) is 13.2. The summed E-state index contributed by atoms with van der Waals surface area (Å²) in [5.74, 6) is 0.0446. The number of aryl methyl sites for hydroxylation is 1. The Morgan fingerprint density at radius 1 is 1.12 bits per heavy atom. The Kier molecular flexibility index (Phi) is 7.48. The molecule has 1 aliphatic heterocycles. The van der Waals surface area contributed by atoms with E-state index in [-0.39, 0.29) is 22.2 Å². The number of nitrogens with zero attached hydrogens (tertiary/aromatic N) is 1. The summed E-state index contributed by atoms with van der Waals surface area (Å²) >= 11 is 6.91. The van der Waals surface area contributed by atoms with E-state index in [2.05, 4.69) is 0 Å². The molecule has 1 atom stereocenters. The van der Waals surface area contributed by atoms with Crippen molar-refractivity contribution in [3.05, 3.63) is 81.9 Å². The fraction of sp³-hybridized carbons (Fsp3) is 0.292. The lowest BCUT2D eigenvalue weighted by molar-refractivity contribution is -0.122. The Morgan fingerprint density at radius 2 is 1.88 bits per heavy atom. The summed E-state index contributed by atoms with van der Waals surface area (Å²) < 4.78 is 46.6. The predicted octanol–water partition coefficient (Wildman–Crippen LogP) is 5.47. The Hall–Kier alpha value is -2.26. The van der Waals surface area contributed by atoms with Crippen molar-refractivity contribution >= 4 is 38.7 Å². The van der Waals surface area contributed by atoms with Crippen LogP contribution in [0.4, 0.5) is 4.39 Å². The average molecular weight is 508 g/mol. The first-order chi connectivity index (χ1) is 15.8. The maximum atomic E-state index is 13.2. The highest BCUT2D eigenvalue weighted by atomic mass is 35.5. The van der Waals surface area contributed by atoms with Crippen LogP contribution in [-0.4, -0.2) is 31.1 Å². The van der Waals surface area contributed by atoms with E-state index < -0.39 is 16.1 Å². The maximum Gasteiger partial charge on any atom is 0.253 e. The number of ketones is 1. The number of halogens is 2. The number of carbonyl (C=O) groups is 1. The van der Waals surface area contributed by atoms with E-state index in [0.717, 1.165) is 22.5 Å². The van der Waals surface area contributed by atoms with Crippen LogP contribution in [0.5, 0.6) is 5.75 Å². The van der Waals surface area contributed by atoms with Crippen LogP contribution in [0.25, 0.3) is 0 Å². The molecule has 0 aliphatic carbocycles. The van der Waals surface area contributed by atoms with Crippen LogP contribution in [0.15, 0.2) is 64.9 Å². The van der Waals surface area contributed by atoms with Gasteiger partial charge in [0, 0.05) is 19.0 Å². The minimum Gasteiger partial charge on any atom is -0.489 e. The zero-order valence-electron chi connectivity index (χ0n) is 17.7. The maximum absolute atomic E-state index is 13.2. The molecule has 2 heterocycles. The molecule has 0 spiro atoms. The van der Waals surface area contributed by atoms with E-state index in [1.54, 1.807) is 18.2 Å². The third kappa shape index (κ3) is 5.81. The van der Waals surface area contributed by atoms with Crippen LogP contribution < -0.4 is 4.74 Å². The standard InChI is InChI=1S/C24H23ClFNO4S2/c25-23-12-13-24(32-23)33(29,30)27-14-2-5-21(27)22(28)11-10-17-6-8-18(9-7-17)16-31-20-4-1-3-19(26)15-20/h1,3-4,6-9,12-13,15,21H,2,5,10-11,14,16H2/t21-/m0/s1. The van der Waals surface area contributed by atoms with Crippen molar-refractivity contribution < 1.29 is 22.3 Å². The number of rotatable bonds is 9. The fourth-order valence-corrected chi connectivity index (χ4v) is 7.15. The van der Waals surface area contributed by atoms with Crippen LogP contribution in [0, 0.1) is 5.82 Å². The van der Waals surface area contributed by atoms with Crippen molar-refractivity contribution in [1.29, 1.82) is 0 Å². The van der Waals surface area contributed by atoms with Crippen molar-refractivity contribution in [2.75, 3.05) is 6.54 Å². The summed E-state index contributed by atoms with van der Waals surface area (Å²) in [6, 6.07) is 16.1.